The summed E-state index contributed by atoms with van der Waals surface area (Å²) >= 11 is 0. The summed E-state index contributed by atoms with van der Waals surface area (Å²) in [6.45, 7) is 9.15. The zero-order valence-electron chi connectivity index (χ0n) is 12.7. The van der Waals surface area contributed by atoms with Gasteiger partial charge in [-0.1, -0.05) is 19.0 Å². The van der Waals surface area contributed by atoms with E-state index in [1.807, 2.05) is 27.7 Å². The quantitative estimate of drug-likeness (QED) is 0.333. The Morgan fingerprint density at radius 2 is 1.85 bits per heavy atom. The van der Waals surface area contributed by atoms with Crippen molar-refractivity contribution < 1.29 is 14.4 Å². The first kappa shape index (κ1) is 16.1. The maximum Gasteiger partial charge on any atom is 0.255 e. The van der Waals surface area contributed by atoms with Gasteiger partial charge in [0.25, 0.3) is 5.91 Å². The summed E-state index contributed by atoms with van der Waals surface area (Å²) in [5.74, 6) is 1.02. The number of amides is 1. The summed E-state index contributed by atoms with van der Waals surface area (Å²) in [6, 6.07) is 0. The first-order valence-electron chi connectivity index (χ1n) is 6.70. The highest BCUT2D eigenvalue weighted by molar-refractivity contribution is 6.01. The van der Waals surface area contributed by atoms with E-state index in [9.17, 15) is 4.79 Å². The average molecular weight is 281 g/mol. The van der Waals surface area contributed by atoms with E-state index in [1.165, 1.54) is 0 Å². The molecular formula is C14H23N3O3. The van der Waals surface area contributed by atoms with Crippen molar-refractivity contribution in [1.29, 1.82) is 0 Å². The third kappa shape index (κ3) is 2.64. The van der Waals surface area contributed by atoms with Gasteiger partial charge < -0.3 is 20.7 Å². The molecule has 20 heavy (non-hydrogen) atoms. The minimum absolute atomic E-state index is 0.00590. The second-order valence-corrected chi connectivity index (χ2v) is 4.94. The number of nitrogens with two attached hydrogens (primary N) is 1. The Morgan fingerprint density at radius 1 is 1.30 bits per heavy atom. The van der Waals surface area contributed by atoms with Crippen LogP contribution in [0.4, 0.5) is 0 Å². The Labute approximate surface area is 119 Å². The molecule has 1 amide bonds. The Morgan fingerprint density at radius 3 is 2.20 bits per heavy atom. The van der Waals surface area contributed by atoms with Crippen molar-refractivity contribution in [1.82, 2.24) is 5.32 Å². The van der Waals surface area contributed by atoms with Crippen molar-refractivity contribution >= 4 is 11.7 Å². The minimum Gasteiger partial charge on any atom is -0.466 e. The van der Waals surface area contributed by atoms with Crippen molar-refractivity contribution in [3.8, 4) is 0 Å². The van der Waals surface area contributed by atoms with Crippen molar-refractivity contribution in [2.24, 2.45) is 10.9 Å². The molecule has 0 aliphatic heterocycles. The van der Waals surface area contributed by atoms with E-state index in [0.29, 0.717) is 24.2 Å². The largest absolute Gasteiger partial charge is 0.466 e. The smallest absolute Gasteiger partial charge is 0.255 e. The molecule has 1 heterocycles. The van der Waals surface area contributed by atoms with Crippen LogP contribution in [0.2, 0.25) is 0 Å². The number of oxime groups is 1. The second-order valence-electron chi connectivity index (χ2n) is 4.94. The third-order valence-corrected chi connectivity index (χ3v) is 3.95. The maximum absolute atomic E-state index is 12.5. The fraction of sp³-hybridized carbons (Fsp3) is 0.571. The zero-order chi connectivity index (χ0) is 15.5. The lowest BCUT2D eigenvalue weighted by atomic mass is 9.90. The van der Waals surface area contributed by atoms with Crippen LogP contribution >= 0.6 is 0 Å². The van der Waals surface area contributed by atoms with Crippen molar-refractivity contribution in [3.05, 3.63) is 22.6 Å². The number of nitrogens with zero attached hydrogens (tertiary/aromatic N) is 1. The Hall–Kier alpha value is -1.98. The molecule has 6 heteroatoms. The molecule has 0 aromatic carbocycles. The molecule has 0 saturated heterocycles. The standard InChI is InChI=1S/C14H23N3O3/c1-6-14(7-2,13(15)17-19)16-12(18)11-8(3)9(4)20-10(11)5/h19H,6-7H2,1-5H3,(H2,15,17)(H,16,18). The topological polar surface area (TPSA) is 101 Å². The average Bonchev–Trinajstić information content (AvgIpc) is 2.68. The molecule has 0 atom stereocenters. The lowest BCUT2D eigenvalue weighted by Gasteiger charge is -2.31. The van der Waals surface area contributed by atoms with Crippen LogP contribution in [-0.4, -0.2) is 22.5 Å². The fourth-order valence-corrected chi connectivity index (χ4v) is 2.36. The highest BCUT2D eigenvalue weighted by Crippen LogP contribution is 2.23. The van der Waals surface area contributed by atoms with Crippen molar-refractivity contribution in [2.45, 2.75) is 53.0 Å². The van der Waals surface area contributed by atoms with Gasteiger partial charge >= 0.3 is 0 Å². The molecule has 0 fully saturated rings. The Bertz CT molecular complexity index is 528. The summed E-state index contributed by atoms with van der Waals surface area (Å²) in [6.07, 6.45) is 1.06. The molecule has 0 aliphatic rings. The molecule has 1 aromatic heterocycles. The molecule has 0 aliphatic carbocycles. The van der Waals surface area contributed by atoms with Crippen LogP contribution in [-0.2, 0) is 0 Å². The lowest BCUT2D eigenvalue weighted by Crippen LogP contribution is -2.57. The number of carbonyl (C=O) groups is 1. The van der Waals surface area contributed by atoms with E-state index in [-0.39, 0.29) is 11.7 Å². The fourth-order valence-electron chi connectivity index (χ4n) is 2.36. The second kappa shape index (κ2) is 5.98. The Balaban J connectivity index is 3.15. The minimum atomic E-state index is -0.851. The van der Waals surface area contributed by atoms with E-state index in [1.54, 1.807) is 6.92 Å². The molecule has 4 N–H and O–H groups in total. The van der Waals surface area contributed by atoms with E-state index in [4.69, 9.17) is 15.4 Å². The summed E-state index contributed by atoms with van der Waals surface area (Å²) in [4.78, 5) is 12.5. The van der Waals surface area contributed by atoms with Gasteiger partial charge in [0.15, 0.2) is 5.84 Å². The van der Waals surface area contributed by atoms with Crippen LogP contribution in [0, 0.1) is 20.8 Å². The van der Waals surface area contributed by atoms with E-state index in [0.717, 1.165) is 11.3 Å². The van der Waals surface area contributed by atoms with Crippen LogP contribution in [0.1, 0.15) is 54.1 Å². The first-order valence-corrected chi connectivity index (χ1v) is 6.70. The van der Waals surface area contributed by atoms with Gasteiger partial charge in [0.1, 0.15) is 17.1 Å². The van der Waals surface area contributed by atoms with Gasteiger partial charge in [-0.3, -0.25) is 4.79 Å². The van der Waals surface area contributed by atoms with E-state index >= 15 is 0 Å². The molecular weight excluding hydrogens is 258 g/mol. The van der Waals surface area contributed by atoms with Crippen LogP contribution in [0.25, 0.3) is 0 Å². The number of amidine groups is 1. The van der Waals surface area contributed by atoms with E-state index < -0.39 is 5.54 Å². The number of hydrogen-bond acceptors (Lipinski definition) is 4. The van der Waals surface area contributed by atoms with Gasteiger partial charge in [0.2, 0.25) is 0 Å². The van der Waals surface area contributed by atoms with E-state index in [2.05, 4.69) is 10.5 Å². The summed E-state index contributed by atoms with van der Waals surface area (Å²) in [5, 5.41) is 14.9. The van der Waals surface area contributed by atoms with Crippen LogP contribution in [0.15, 0.2) is 9.57 Å². The van der Waals surface area contributed by atoms with Crippen LogP contribution in [0.5, 0.6) is 0 Å². The number of furan rings is 1. The molecule has 0 unspecified atom stereocenters. The number of hydrogen-bond donors (Lipinski definition) is 3. The molecule has 112 valence electrons. The SMILES string of the molecule is CCC(CC)(NC(=O)c1c(C)oc(C)c1C)C(N)=NO. The lowest BCUT2D eigenvalue weighted by molar-refractivity contribution is 0.0915. The van der Waals surface area contributed by atoms with Gasteiger partial charge in [-0.2, -0.15) is 0 Å². The van der Waals surface area contributed by atoms with Gasteiger partial charge in [-0.05, 0) is 33.6 Å². The summed E-state index contributed by atoms with van der Waals surface area (Å²) in [5.41, 5.74) is 6.21. The monoisotopic (exact) mass is 281 g/mol. The number of carbonyl (C=O) groups excluding carboxylic acids is 1. The predicted molar refractivity (Wildman–Crippen MR) is 77.1 cm³/mol. The summed E-state index contributed by atoms with van der Waals surface area (Å²) in [7, 11) is 0. The molecule has 1 rings (SSSR count). The van der Waals surface area contributed by atoms with Gasteiger partial charge in [0.05, 0.1) is 5.56 Å². The van der Waals surface area contributed by atoms with Crippen molar-refractivity contribution in [2.75, 3.05) is 0 Å². The number of aryl methyl sites for hydroxylation is 2. The predicted octanol–water partition coefficient (Wildman–Crippen LogP) is 2.24. The normalized spacial score (nSPS) is 12.6. The third-order valence-electron chi connectivity index (χ3n) is 3.95. The molecule has 6 nitrogen and oxygen atoms in total. The molecule has 0 saturated carbocycles. The maximum atomic E-state index is 12.5. The van der Waals surface area contributed by atoms with Crippen LogP contribution < -0.4 is 11.1 Å². The van der Waals surface area contributed by atoms with Crippen LogP contribution in [0.3, 0.4) is 0 Å². The highest BCUT2D eigenvalue weighted by atomic mass is 16.4. The molecule has 0 spiro atoms. The zero-order valence-corrected chi connectivity index (χ0v) is 12.7. The highest BCUT2D eigenvalue weighted by Gasteiger charge is 2.34. The number of nitrogens with one attached hydrogen (secondary N) is 1. The van der Waals surface area contributed by atoms with Crippen molar-refractivity contribution in [3.63, 3.8) is 0 Å². The molecule has 1 aromatic rings. The molecule has 0 radical (unpaired) electrons. The van der Waals surface area contributed by atoms with Gasteiger partial charge in [-0.25, -0.2) is 0 Å². The van der Waals surface area contributed by atoms with Gasteiger partial charge in [-0.15, -0.1) is 0 Å². The Kier molecular flexibility index (Phi) is 4.81. The first-order chi connectivity index (χ1) is 9.32. The summed E-state index contributed by atoms with van der Waals surface area (Å²) < 4.78 is 5.46. The number of rotatable bonds is 5. The van der Waals surface area contributed by atoms with Gasteiger partial charge in [0, 0.05) is 5.56 Å². The molecule has 0 bridgehead atoms.